The molecule has 3 rings (SSSR count). The highest BCUT2D eigenvalue weighted by atomic mass is 16.1. The normalized spacial score (nSPS) is 10.8. The lowest BCUT2D eigenvalue weighted by Crippen LogP contribution is -2.24. The van der Waals surface area contributed by atoms with Gasteiger partial charge < -0.3 is 9.88 Å². The SMILES string of the molecule is O=C(CCn1ccc2ccccc21)NCc1nn[nH]n1. The minimum absolute atomic E-state index is 0.0346. The summed E-state index contributed by atoms with van der Waals surface area (Å²) in [5.41, 5.74) is 1.14. The summed E-state index contributed by atoms with van der Waals surface area (Å²) in [6, 6.07) is 10.2. The first-order valence-electron chi connectivity index (χ1n) is 6.36. The second-order valence-corrected chi connectivity index (χ2v) is 4.42. The minimum Gasteiger partial charge on any atom is -0.349 e. The molecule has 0 spiro atoms. The van der Waals surface area contributed by atoms with Crippen LogP contribution in [0.4, 0.5) is 0 Å². The van der Waals surface area contributed by atoms with Crippen LogP contribution in [0.5, 0.6) is 0 Å². The molecular weight excluding hydrogens is 256 g/mol. The van der Waals surface area contributed by atoms with E-state index in [1.807, 2.05) is 30.5 Å². The molecule has 2 N–H and O–H groups in total. The van der Waals surface area contributed by atoms with Crippen LogP contribution < -0.4 is 5.32 Å². The maximum Gasteiger partial charge on any atom is 0.222 e. The number of carbonyl (C=O) groups excluding carboxylic acids is 1. The molecular formula is C13H14N6O. The Kier molecular flexibility index (Phi) is 3.40. The van der Waals surface area contributed by atoms with Crippen molar-refractivity contribution in [2.75, 3.05) is 0 Å². The van der Waals surface area contributed by atoms with Gasteiger partial charge in [0.25, 0.3) is 0 Å². The predicted octanol–water partition coefficient (Wildman–Crippen LogP) is 0.861. The average molecular weight is 270 g/mol. The van der Waals surface area contributed by atoms with Crippen molar-refractivity contribution in [3.63, 3.8) is 0 Å². The number of hydrogen-bond acceptors (Lipinski definition) is 4. The van der Waals surface area contributed by atoms with Crippen molar-refractivity contribution in [3.05, 3.63) is 42.4 Å². The van der Waals surface area contributed by atoms with Crippen LogP contribution in [0.25, 0.3) is 10.9 Å². The van der Waals surface area contributed by atoms with E-state index in [4.69, 9.17) is 0 Å². The van der Waals surface area contributed by atoms with E-state index in [0.717, 1.165) is 5.52 Å². The molecule has 1 aromatic carbocycles. The van der Waals surface area contributed by atoms with Crippen LogP contribution >= 0.6 is 0 Å². The van der Waals surface area contributed by atoms with Gasteiger partial charge >= 0.3 is 0 Å². The number of amides is 1. The van der Waals surface area contributed by atoms with Gasteiger partial charge in [0.2, 0.25) is 5.91 Å². The van der Waals surface area contributed by atoms with Crippen LogP contribution in [0.3, 0.4) is 0 Å². The standard InChI is InChI=1S/C13H14N6O/c20-13(14-9-12-15-17-18-16-12)6-8-19-7-5-10-3-1-2-4-11(10)19/h1-5,7H,6,8-9H2,(H,14,20)(H,15,16,17,18). The van der Waals surface area contributed by atoms with E-state index in [1.165, 1.54) is 5.39 Å². The van der Waals surface area contributed by atoms with Crippen molar-refractivity contribution in [2.45, 2.75) is 19.5 Å². The Morgan fingerprint density at radius 2 is 2.20 bits per heavy atom. The largest absolute Gasteiger partial charge is 0.349 e. The van der Waals surface area contributed by atoms with Gasteiger partial charge in [-0.15, -0.1) is 10.2 Å². The molecule has 20 heavy (non-hydrogen) atoms. The number of benzene rings is 1. The Hall–Kier alpha value is -2.70. The summed E-state index contributed by atoms with van der Waals surface area (Å²) in [4.78, 5) is 11.8. The first-order valence-corrected chi connectivity index (χ1v) is 6.36. The molecule has 7 nitrogen and oxygen atoms in total. The van der Waals surface area contributed by atoms with E-state index in [9.17, 15) is 4.79 Å². The fourth-order valence-corrected chi connectivity index (χ4v) is 2.08. The van der Waals surface area contributed by atoms with Gasteiger partial charge in [-0.25, -0.2) is 0 Å². The number of H-pyrrole nitrogens is 1. The number of para-hydroxylation sites is 1. The van der Waals surface area contributed by atoms with Crippen molar-refractivity contribution in [1.82, 2.24) is 30.5 Å². The molecule has 0 aliphatic heterocycles. The number of rotatable bonds is 5. The molecule has 0 atom stereocenters. The average Bonchev–Trinajstić information content (AvgIpc) is 3.12. The second kappa shape index (κ2) is 5.52. The monoisotopic (exact) mass is 270 g/mol. The summed E-state index contributed by atoms with van der Waals surface area (Å²) in [6.07, 6.45) is 2.41. The van der Waals surface area contributed by atoms with Gasteiger partial charge in [-0.3, -0.25) is 4.79 Å². The first kappa shape index (κ1) is 12.3. The topological polar surface area (TPSA) is 88.5 Å². The number of carbonyl (C=O) groups is 1. The molecule has 0 aliphatic carbocycles. The number of nitrogens with one attached hydrogen (secondary N) is 2. The van der Waals surface area contributed by atoms with E-state index < -0.39 is 0 Å². The highest BCUT2D eigenvalue weighted by Crippen LogP contribution is 2.15. The van der Waals surface area contributed by atoms with Crippen molar-refractivity contribution in [1.29, 1.82) is 0 Å². The third-order valence-electron chi connectivity index (χ3n) is 3.09. The molecule has 7 heteroatoms. The highest BCUT2D eigenvalue weighted by Gasteiger charge is 2.05. The van der Waals surface area contributed by atoms with E-state index in [1.54, 1.807) is 0 Å². The number of nitrogens with zero attached hydrogens (tertiary/aromatic N) is 4. The summed E-state index contributed by atoms with van der Waals surface area (Å²) < 4.78 is 2.07. The summed E-state index contributed by atoms with van der Waals surface area (Å²) in [5.74, 6) is 0.442. The van der Waals surface area contributed by atoms with Gasteiger partial charge in [0.05, 0.1) is 6.54 Å². The lowest BCUT2D eigenvalue weighted by atomic mass is 10.2. The number of aromatic amines is 1. The van der Waals surface area contributed by atoms with E-state index in [-0.39, 0.29) is 5.91 Å². The number of aryl methyl sites for hydroxylation is 1. The smallest absolute Gasteiger partial charge is 0.222 e. The zero-order valence-electron chi connectivity index (χ0n) is 10.8. The molecule has 0 bridgehead atoms. The van der Waals surface area contributed by atoms with E-state index in [2.05, 4.69) is 36.6 Å². The van der Waals surface area contributed by atoms with Crippen molar-refractivity contribution >= 4 is 16.8 Å². The van der Waals surface area contributed by atoms with Crippen LogP contribution in [0.2, 0.25) is 0 Å². The van der Waals surface area contributed by atoms with Crippen LogP contribution in [0.1, 0.15) is 12.2 Å². The van der Waals surface area contributed by atoms with Crippen molar-refractivity contribution < 1.29 is 4.79 Å². The molecule has 0 unspecified atom stereocenters. The third kappa shape index (κ3) is 2.66. The van der Waals surface area contributed by atoms with Crippen molar-refractivity contribution in [3.8, 4) is 0 Å². The van der Waals surface area contributed by atoms with Gasteiger partial charge in [-0.1, -0.05) is 23.4 Å². The number of aromatic nitrogens is 5. The molecule has 0 saturated heterocycles. The quantitative estimate of drug-likeness (QED) is 0.719. The van der Waals surface area contributed by atoms with Crippen molar-refractivity contribution in [2.24, 2.45) is 0 Å². The molecule has 2 aromatic heterocycles. The highest BCUT2D eigenvalue weighted by molar-refractivity contribution is 5.80. The molecule has 0 fully saturated rings. The Morgan fingerprint density at radius 1 is 1.30 bits per heavy atom. The van der Waals surface area contributed by atoms with Crippen LogP contribution in [-0.2, 0) is 17.9 Å². The third-order valence-corrected chi connectivity index (χ3v) is 3.09. The lowest BCUT2D eigenvalue weighted by Gasteiger charge is -2.05. The predicted molar refractivity (Wildman–Crippen MR) is 72.6 cm³/mol. The zero-order valence-corrected chi connectivity index (χ0v) is 10.8. The minimum atomic E-state index is -0.0346. The summed E-state index contributed by atoms with van der Waals surface area (Å²) in [6.45, 7) is 0.938. The van der Waals surface area contributed by atoms with Gasteiger partial charge in [-0.2, -0.15) is 5.21 Å². The van der Waals surface area contributed by atoms with Gasteiger partial charge in [0.15, 0.2) is 5.82 Å². The number of fused-ring (bicyclic) bond motifs is 1. The molecule has 0 radical (unpaired) electrons. The molecule has 3 aromatic rings. The van der Waals surface area contributed by atoms with E-state index >= 15 is 0 Å². The Labute approximate surface area is 115 Å². The summed E-state index contributed by atoms with van der Waals surface area (Å²) >= 11 is 0. The molecule has 102 valence electrons. The lowest BCUT2D eigenvalue weighted by molar-refractivity contribution is -0.121. The van der Waals surface area contributed by atoms with E-state index in [0.29, 0.717) is 25.3 Å². The first-order chi connectivity index (χ1) is 9.83. The summed E-state index contributed by atoms with van der Waals surface area (Å²) in [5, 5.41) is 17.3. The maximum absolute atomic E-state index is 11.8. The molecule has 0 saturated carbocycles. The number of hydrogen-bond donors (Lipinski definition) is 2. The Balaban J connectivity index is 1.55. The maximum atomic E-state index is 11.8. The van der Waals surface area contributed by atoms with Gasteiger partial charge in [0, 0.05) is 24.7 Å². The Morgan fingerprint density at radius 3 is 3.05 bits per heavy atom. The second-order valence-electron chi connectivity index (χ2n) is 4.42. The van der Waals surface area contributed by atoms with Crippen LogP contribution in [0.15, 0.2) is 36.5 Å². The number of tetrazole rings is 1. The molecule has 0 aliphatic rings. The zero-order chi connectivity index (χ0) is 13.8. The Bertz CT molecular complexity index is 703. The molecule has 1 amide bonds. The fraction of sp³-hybridized carbons (Fsp3) is 0.231. The van der Waals surface area contributed by atoms with Gasteiger partial charge in [-0.05, 0) is 17.5 Å². The van der Waals surface area contributed by atoms with Gasteiger partial charge in [0.1, 0.15) is 0 Å². The van der Waals surface area contributed by atoms with Crippen LogP contribution in [-0.4, -0.2) is 31.1 Å². The summed E-state index contributed by atoms with van der Waals surface area (Å²) in [7, 11) is 0. The fourth-order valence-electron chi connectivity index (χ4n) is 2.08. The molecule has 2 heterocycles. The van der Waals surface area contributed by atoms with Crippen LogP contribution in [0, 0.1) is 0 Å².